The number of hydrogen-bond acceptors (Lipinski definition) is 12. The number of methoxy groups -OCH3 is 1. The number of rotatable bonds is 18. The van der Waals surface area contributed by atoms with Gasteiger partial charge in [-0.3, -0.25) is 9.69 Å². The summed E-state index contributed by atoms with van der Waals surface area (Å²) < 4.78 is 71.0. The minimum atomic E-state index is -4.63. The van der Waals surface area contributed by atoms with Crippen LogP contribution in [0.3, 0.4) is 0 Å². The molecular weight excluding hydrogens is 1050 g/mol. The third-order valence-electron chi connectivity index (χ3n) is 17.3. The molecule has 3 aliphatic rings. The number of ether oxygens (including phenoxy) is 3. The number of benzene rings is 4. The van der Waals surface area contributed by atoms with Crippen LogP contribution in [0.1, 0.15) is 124 Å². The molecule has 0 bridgehead atoms. The molecule has 0 radical (unpaired) electrons. The zero-order valence-corrected chi connectivity index (χ0v) is 48.2. The number of quaternary nitrogens is 1. The van der Waals surface area contributed by atoms with Crippen LogP contribution >= 0.6 is 0 Å². The molecule has 18 heteroatoms. The molecule has 428 valence electrons. The molecule has 2 aliphatic heterocycles. The number of hydrogen-bond donors (Lipinski definition) is 5. The van der Waals surface area contributed by atoms with Crippen molar-refractivity contribution >= 4 is 65.9 Å². The highest BCUT2D eigenvalue weighted by atomic mass is 32.2. The molecule has 1 aliphatic carbocycles. The molecule has 0 spiro atoms. The van der Waals surface area contributed by atoms with Crippen molar-refractivity contribution in [1.29, 1.82) is 0 Å². The molecule has 5 N–H and O–H groups in total. The van der Waals surface area contributed by atoms with E-state index < -0.39 is 21.7 Å². The number of pyridine rings is 1. The number of aromatic nitrogens is 3. The Kier molecular flexibility index (Phi) is 16.1. The van der Waals surface area contributed by atoms with Crippen molar-refractivity contribution in [2.75, 3.05) is 57.2 Å². The standard InChI is InChI=1S/C63H75FN8O8S/c1-8-78-63-56(33-50-51(64)36-67-61(50)68-63)80-55-32-44(18-19-47(55)62(73)69-81(75,76)57-34-53(70(6)74)59(58-48(57)21-25-65-58)66-35-40-15-13-38(4)14-16-40)71-26-23-43(24-27-71)72-28-22-41(31-52(72)46-12-10-9-11-45(46)37(2)3)30-42-17-20-54(77-7)60-49(42)29-39(5)79-60/h9-12,17-21,25,29,32-34,36-38,40-41,43,52,65-66,70H,8,13-16,22-24,26-28,30-31,35H2,1-7H3,(H,67,68)(H,69,73)/t38?,40?,41?,52-/m0/s1. The van der Waals surface area contributed by atoms with Gasteiger partial charge in [0.1, 0.15) is 33.6 Å². The lowest BCUT2D eigenvalue weighted by atomic mass is 9.79. The van der Waals surface area contributed by atoms with Gasteiger partial charge >= 0.3 is 0 Å². The van der Waals surface area contributed by atoms with Crippen LogP contribution in [0.4, 0.5) is 21.5 Å². The Balaban J connectivity index is 0.871. The second kappa shape index (κ2) is 23.4. The lowest BCUT2D eigenvalue weighted by molar-refractivity contribution is -0.750. The maximum absolute atomic E-state index is 15.2. The molecule has 1 amide bonds. The highest BCUT2D eigenvalue weighted by Crippen LogP contribution is 2.45. The molecule has 4 aromatic carbocycles. The Hall–Kier alpha value is -7.12. The van der Waals surface area contributed by atoms with E-state index >= 15 is 4.39 Å². The van der Waals surface area contributed by atoms with Crippen LogP contribution in [0.2, 0.25) is 0 Å². The van der Waals surface area contributed by atoms with Crippen LogP contribution in [0.25, 0.3) is 32.9 Å². The Morgan fingerprint density at radius 2 is 1.70 bits per heavy atom. The Labute approximate surface area is 473 Å². The summed E-state index contributed by atoms with van der Waals surface area (Å²) >= 11 is 0. The normalized spacial score (nSPS) is 19.9. The van der Waals surface area contributed by atoms with E-state index in [1.807, 2.05) is 19.1 Å². The molecule has 6 heterocycles. The quantitative estimate of drug-likeness (QED) is 0.0511. The van der Waals surface area contributed by atoms with Gasteiger partial charge in [-0.15, -0.1) is 0 Å². The maximum Gasteiger partial charge on any atom is 0.268 e. The monoisotopic (exact) mass is 1120 g/mol. The lowest BCUT2D eigenvalue weighted by Gasteiger charge is -2.47. The SMILES string of the molecule is CCOc1nc2[nH]cc(F)c2cc1Oc1cc(N2CCC(N3CCC(Cc4ccc(OC)c5oc(C)cc45)C[C@H]3c3ccccc3C(C)C)CC2)ccc1C(=O)NS(=O)(=O)c1cc([NH+](C)[O-])c(NCC2CCC(C)CC2)c2[nH]ccc12. The first-order valence-electron chi connectivity index (χ1n) is 28.8. The Morgan fingerprint density at radius 1 is 0.914 bits per heavy atom. The molecule has 4 aromatic heterocycles. The average molecular weight is 1120 g/mol. The van der Waals surface area contributed by atoms with E-state index in [2.05, 4.69) is 92.0 Å². The molecule has 81 heavy (non-hydrogen) atoms. The lowest BCUT2D eigenvalue weighted by Crippen LogP contribution is -2.98. The van der Waals surface area contributed by atoms with Gasteiger partial charge in [0.05, 0.1) is 37.2 Å². The van der Waals surface area contributed by atoms with Crippen molar-refractivity contribution in [2.24, 2.45) is 17.8 Å². The number of aromatic amines is 2. The molecular formula is C63H75FN8O8S. The third-order valence-corrected chi connectivity index (χ3v) is 18.7. The van der Waals surface area contributed by atoms with Crippen LogP contribution in [-0.4, -0.2) is 87.2 Å². The van der Waals surface area contributed by atoms with Crippen molar-refractivity contribution in [1.82, 2.24) is 24.6 Å². The van der Waals surface area contributed by atoms with Crippen LogP contribution in [-0.2, 0) is 16.4 Å². The van der Waals surface area contributed by atoms with Gasteiger partial charge in [-0.2, -0.15) is 4.98 Å². The van der Waals surface area contributed by atoms with Gasteiger partial charge in [0.2, 0.25) is 0 Å². The van der Waals surface area contributed by atoms with Crippen LogP contribution in [0, 0.1) is 35.7 Å². The second-order valence-electron chi connectivity index (χ2n) is 23.0. The van der Waals surface area contributed by atoms with E-state index in [4.69, 9.17) is 18.6 Å². The van der Waals surface area contributed by atoms with Gasteiger partial charge in [-0.1, -0.05) is 63.9 Å². The fourth-order valence-electron chi connectivity index (χ4n) is 13.0. The largest absolute Gasteiger partial charge is 0.629 e. The number of hydroxylamine groups is 1. The third kappa shape index (κ3) is 11.4. The van der Waals surface area contributed by atoms with E-state index in [1.165, 1.54) is 42.1 Å². The van der Waals surface area contributed by atoms with E-state index in [9.17, 15) is 18.4 Å². The number of amides is 1. The molecule has 1 saturated carbocycles. The highest BCUT2D eigenvalue weighted by molar-refractivity contribution is 7.90. The summed E-state index contributed by atoms with van der Waals surface area (Å²) in [6.45, 7) is 13.8. The number of halogens is 1. The minimum Gasteiger partial charge on any atom is -0.629 e. The molecule has 2 saturated heterocycles. The first-order valence-corrected chi connectivity index (χ1v) is 30.3. The number of carbonyl (C=O) groups excluding carboxylic acids is 1. The van der Waals surface area contributed by atoms with Crippen LogP contribution in [0.15, 0.2) is 101 Å². The molecule has 3 atom stereocenters. The number of anilines is 2. The summed E-state index contributed by atoms with van der Waals surface area (Å²) in [5, 5.41) is 18.1. The van der Waals surface area contributed by atoms with Crippen LogP contribution < -0.4 is 34.2 Å². The number of nitrogens with zero attached hydrogens (tertiary/aromatic N) is 3. The van der Waals surface area contributed by atoms with Crippen molar-refractivity contribution in [3.63, 3.8) is 0 Å². The first-order chi connectivity index (χ1) is 39.1. The first kappa shape index (κ1) is 55.8. The summed E-state index contributed by atoms with van der Waals surface area (Å²) in [7, 11) is -1.55. The van der Waals surface area contributed by atoms with E-state index in [1.54, 1.807) is 38.4 Å². The summed E-state index contributed by atoms with van der Waals surface area (Å²) in [6, 6.07) is 25.3. The summed E-state index contributed by atoms with van der Waals surface area (Å²) in [4.78, 5) is 30.0. The number of H-pyrrole nitrogens is 2. The average Bonchev–Trinajstić information content (AvgIpc) is 4.23. The number of furan rings is 1. The number of aryl methyl sites for hydroxylation is 1. The number of nitrogens with one attached hydrogen (secondary N) is 5. The number of piperidine rings is 2. The van der Waals surface area contributed by atoms with Gasteiger partial charge < -0.3 is 49.1 Å². The second-order valence-corrected chi connectivity index (χ2v) is 24.6. The van der Waals surface area contributed by atoms with Crippen molar-refractivity contribution in [3.05, 3.63) is 130 Å². The van der Waals surface area contributed by atoms with Crippen molar-refractivity contribution < 1.29 is 41.3 Å². The molecule has 16 nitrogen and oxygen atoms in total. The van der Waals surface area contributed by atoms with Crippen molar-refractivity contribution in [3.8, 4) is 23.1 Å². The van der Waals surface area contributed by atoms with Gasteiger partial charge in [-0.25, -0.2) is 17.5 Å². The smallest absolute Gasteiger partial charge is 0.268 e. The summed E-state index contributed by atoms with van der Waals surface area (Å²) in [5.74, 6) is 2.10. The number of carbonyl (C=O) groups is 1. The van der Waals surface area contributed by atoms with Gasteiger partial charge in [0.25, 0.3) is 21.8 Å². The number of fused-ring (bicyclic) bond motifs is 3. The van der Waals surface area contributed by atoms with Crippen molar-refractivity contribution in [2.45, 2.75) is 115 Å². The van der Waals surface area contributed by atoms with Gasteiger partial charge in [-0.05, 0) is 136 Å². The molecule has 3 fully saturated rings. The number of sulfonamides is 1. The fourth-order valence-corrected chi connectivity index (χ4v) is 14.2. The van der Waals surface area contributed by atoms with E-state index in [0.717, 1.165) is 92.5 Å². The van der Waals surface area contributed by atoms with E-state index in [0.29, 0.717) is 65.9 Å². The summed E-state index contributed by atoms with van der Waals surface area (Å²) in [6.07, 6.45) is 12.0. The Morgan fingerprint density at radius 3 is 2.46 bits per heavy atom. The zero-order chi connectivity index (χ0) is 56.7. The molecule has 8 aromatic rings. The predicted octanol–water partition coefficient (Wildman–Crippen LogP) is 12.2. The number of likely N-dealkylation sites (tertiary alicyclic amines) is 1. The highest BCUT2D eigenvalue weighted by Gasteiger charge is 2.38. The fraction of sp³-hybridized carbons (Fsp3) is 0.429. The minimum absolute atomic E-state index is 0.0142. The van der Waals surface area contributed by atoms with Crippen LogP contribution in [0.5, 0.6) is 23.1 Å². The van der Waals surface area contributed by atoms with E-state index in [-0.39, 0.29) is 62.3 Å². The predicted molar refractivity (Wildman–Crippen MR) is 315 cm³/mol. The molecule has 11 rings (SSSR count). The molecule has 2 unspecified atom stereocenters. The Bertz CT molecular complexity index is 3690. The van der Waals surface area contributed by atoms with Gasteiger partial charge in [0.15, 0.2) is 22.8 Å². The topological polar surface area (TPSA) is 195 Å². The van der Waals surface area contributed by atoms with Gasteiger partial charge in [0, 0.05) is 78.8 Å². The zero-order valence-electron chi connectivity index (χ0n) is 47.4. The maximum atomic E-state index is 15.2. The summed E-state index contributed by atoms with van der Waals surface area (Å²) in [5.41, 5.74) is 6.93.